The van der Waals surface area contributed by atoms with Gasteiger partial charge in [0.25, 0.3) is 17.7 Å². The molecule has 8 heteroatoms. The first-order valence-corrected chi connectivity index (χ1v) is 11.9. The van der Waals surface area contributed by atoms with Crippen molar-refractivity contribution in [1.29, 1.82) is 0 Å². The van der Waals surface area contributed by atoms with Crippen LogP contribution in [0.5, 0.6) is 0 Å². The lowest BCUT2D eigenvalue weighted by Gasteiger charge is -2.22. The quantitative estimate of drug-likeness (QED) is 0.322. The van der Waals surface area contributed by atoms with Crippen molar-refractivity contribution in [2.45, 2.75) is 26.3 Å². The van der Waals surface area contributed by atoms with Crippen LogP contribution in [-0.4, -0.2) is 58.2 Å². The Morgan fingerprint density at radius 2 is 1.69 bits per heavy atom. The van der Waals surface area contributed by atoms with Crippen LogP contribution in [0.25, 0.3) is 0 Å². The third kappa shape index (κ3) is 5.66. The highest BCUT2D eigenvalue weighted by molar-refractivity contribution is 6.22. The SMILES string of the molecule is CCOC(=O)CCN(Cc1cccnc1)C(=O)c1ccc2c(c1)C(=O)N(CCc1ccccc1)C2=O. The Bertz CT molecular complexity index is 1260. The van der Waals surface area contributed by atoms with Gasteiger partial charge in [0.15, 0.2) is 0 Å². The molecule has 0 aliphatic carbocycles. The number of esters is 1. The smallest absolute Gasteiger partial charge is 0.307 e. The lowest BCUT2D eigenvalue weighted by Crippen LogP contribution is -2.33. The molecular weight excluding hydrogens is 458 g/mol. The van der Waals surface area contributed by atoms with Crippen molar-refractivity contribution in [3.05, 3.63) is 101 Å². The summed E-state index contributed by atoms with van der Waals surface area (Å²) in [7, 11) is 0. The summed E-state index contributed by atoms with van der Waals surface area (Å²) in [6.45, 7) is 2.62. The Morgan fingerprint density at radius 1 is 0.944 bits per heavy atom. The molecule has 8 nitrogen and oxygen atoms in total. The molecule has 0 bridgehead atoms. The number of rotatable bonds is 10. The summed E-state index contributed by atoms with van der Waals surface area (Å²) < 4.78 is 5.00. The zero-order valence-electron chi connectivity index (χ0n) is 20.1. The molecule has 184 valence electrons. The predicted molar refractivity (Wildman–Crippen MR) is 132 cm³/mol. The first kappa shape index (κ1) is 24.8. The van der Waals surface area contributed by atoms with Gasteiger partial charge in [-0.3, -0.25) is 29.1 Å². The molecule has 0 N–H and O–H groups in total. The van der Waals surface area contributed by atoms with Gasteiger partial charge in [-0.05, 0) is 48.7 Å². The van der Waals surface area contributed by atoms with E-state index in [0.717, 1.165) is 11.1 Å². The van der Waals surface area contributed by atoms with Crippen molar-refractivity contribution in [1.82, 2.24) is 14.8 Å². The minimum atomic E-state index is -0.411. The Kier molecular flexibility index (Phi) is 7.85. The first-order valence-electron chi connectivity index (χ1n) is 11.9. The van der Waals surface area contributed by atoms with Gasteiger partial charge in [0.2, 0.25) is 0 Å². The molecule has 0 radical (unpaired) electrons. The van der Waals surface area contributed by atoms with Gasteiger partial charge in [-0.2, -0.15) is 0 Å². The third-order valence-electron chi connectivity index (χ3n) is 5.96. The lowest BCUT2D eigenvalue weighted by molar-refractivity contribution is -0.143. The number of nitrogens with zero attached hydrogens (tertiary/aromatic N) is 3. The molecule has 1 aliphatic heterocycles. The summed E-state index contributed by atoms with van der Waals surface area (Å²) in [6, 6.07) is 17.8. The Labute approximate surface area is 209 Å². The van der Waals surface area contributed by atoms with Gasteiger partial charge in [-0.25, -0.2) is 0 Å². The second-order valence-electron chi connectivity index (χ2n) is 8.40. The standard InChI is InChI=1S/C28H27N3O5/c1-2-36-25(32)13-15-30(19-21-9-6-14-29-18-21)26(33)22-10-11-23-24(17-22)28(35)31(27(23)34)16-12-20-7-4-3-5-8-20/h3-11,14,17-18H,2,12-13,15-16,19H2,1H3. The number of carbonyl (C=O) groups is 4. The van der Waals surface area contributed by atoms with Crippen molar-refractivity contribution in [3.8, 4) is 0 Å². The number of fused-ring (bicyclic) bond motifs is 1. The molecule has 0 saturated carbocycles. The van der Waals surface area contributed by atoms with Crippen molar-refractivity contribution >= 4 is 23.7 Å². The van der Waals surface area contributed by atoms with Crippen LogP contribution >= 0.6 is 0 Å². The maximum atomic E-state index is 13.4. The minimum absolute atomic E-state index is 0.0372. The highest BCUT2D eigenvalue weighted by atomic mass is 16.5. The van der Waals surface area contributed by atoms with Crippen LogP contribution in [0.1, 0.15) is 55.5 Å². The van der Waals surface area contributed by atoms with E-state index >= 15 is 0 Å². The second kappa shape index (κ2) is 11.4. The third-order valence-corrected chi connectivity index (χ3v) is 5.96. The molecule has 1 aliphatic rings. The van der Waals surface area contributed by atoms with E-state index in [-0.39, 0.29) is 61.2 Å². The zero-order valence-corrected chi connectivity index (χ0v) is 20.1. The van der Waals surface area contributed by atoms with E-state index < -0.39 is 11.9 Å². The van der Waals surface area contributed by atoms with Gasteiger partial charge in [-0.15, -0.1) is 0 Å². The fourth-order valence-electron chi connectivity index (χ4n) is 4.12. The number of ether oxygens (including phenoxy) is 1. The first-order chi connectivity index (χ1) is 17.5. The number of hydrogen-bond acceptors (Lipinski definition) is 6. The maximum Gasteiger partial charge on any atom is 0.307 e. The van der Waals surface area contributed by atoms with Crippen LogP contribution < -0.4 is 0 Å². The Balaban J connectivity index is 1.52. The van der Waals surface area contributed by atoms with E-state index in [1.807, 2.05) is 36.4 Å². The average Bonchev–Trinajstić information content (AvgIpc) is 3.14. The van der Waals surface area contributed by atoms with Gasteiger partial charge in [0.05, 0.1) is 24.2 Å². The molecule has 0 atom stereocenters. The summed E-state index contributed by atoms with van der Waals surface area (Å²) in [5.41, 5.74) is 2.60. The molecule has 3 amide bonds. The number of carbonyl (C=O) groups excluding carboxylic acids is 4. The van der Waals surface area contributed by atoms with E-state index in [1.54, 1.807) is 31.5 Å². The monoisotopic (exact) mass is 485 g/mol. The van der Waals surface area contributed by atoms with Crippen LogP contribution in [0.15, 0.2) is 73.1 Å². The van der Waals surface area contributed by atoms with Gasteiger partial charge in [0, 0.05) is 37.6 Å². The van der Waals surface area contributed by atoms with Crippen LogP contribution in [0.4, 0.5) is 0 Å². The fourth-order valence-corrected chi connectivity index (χ4v) is 4.12. The number of imide groups is 1. The molecule has 0 saturated heterocycles. The molecule has 3 aromatic rings. The molecular formula is C28H27N3O5. The molecule has 1 aromatic heterocycles. The molecule has 2 aromatic carbocycles. The molecule has 0 fully saturated rings. The number of amides is 3. The highest BCUT2D eigenvalue weighted by Crippen LogP contribution is 2.25. The number of aromatic nitrogens is 1. The minimum Gasteiger partial charge on any atom is -0.466 e. The van der Waals surface area contributed by atoms with E-state index in [4.69, 9.17) is 4.74 Å². The Hall–Kier alpha value is -4.33. The lowest BCUT2D eigenvalue weighted by atomic mass is 10.0. The van der Waals surface area contributed by atoms with Crippen LogP contribution in [-0.2, 0) is 22.5 Å². The largest absolute Gasteiger partial charge is 0.466 e. The normalized spacial score (nSPS) is 12.4. The molecule has 4 rings (SSSR count). The van der Waals surface area contributed by atoms with E-state index in [2.05, 4.69) is 4.98 Å². The summed E-state index contributed by atoms with van der Waals surface area (Å²) in [5.74, 6) is -1.52. The van der Waals surface area contributed by atoms with Gasteiger partial charge in [-0.1, -0.05) is 36.4 Å². The van der Waals surface area contributed by atoms with Crippen molar-refractivity contribution in [2.24, 2.45) is 0 Å². The maximum absolute atomic E-state index is 13.4. The number of hydrogen-bond donors (Lipinski definition) is 0. The van der Waals surface area contributed by atoms with Crippen LogP contribution in [0.2, 0.25) is 0 Å². The van der Waals surface area contributed by atoms with Crippen molar-refractivity contribution in [3.63, 3.8) is 0 Å². The van der Waals surface area contributed by atoms with Crippen molar-refractivity contribution < 1.29 is 23.9 Å². The summed E-state index contributed by atoms with van der Waals surface area (Å²) >= 11 is 0. The van der Waals surface area contributed by atoms with Crippen molar-refractivity contribution in [2.75, 3.05) is 19.7 Å². The zero-order chi connectivity index (χ0) is 25.5. The average molecular weight is 486 g/mol. The van der Waals surface area contributed by atoms with E-state index in [1.165, 1.54) is 21.9 Å². The summed E-state index contributed by atoms with van der Waals surface area (Å²) in [4.78, 5) is 58.1. The highest BCUT2D eigenvalue weighted by Gasteiger charge is 2.36. The Morgan fingerprint density at radius 3 is 2.42 bits per heavy atom. The van der Waals surface area contributed by atoms with E-state index in [0.29, 0.717) is 6.42 Å². The second-order valence-corrected chi connectivity index (χ2v) is 8.40. The predicted octanol–water partition coefficient (Wildman–Crippen LogP) is 3.52. The van der Waals surface area contributed by atoms with E-state index in [9.17, 15) is 19.2 Å². The van der Waals surface area contributed by atoms with Gasteiger partial charge in [0.1, 0.15) is 0 Å². The number of pyridine rings is 1. The molecule has 36 heavy (non-hydrogen) atoms. The molecule has 0 unspecified atom stereocenters. The topological polar surface area (TPSA) is 96.9 Å². The summed E-state index contributed by atoms with van der Waals surface area (Å²) in [5, 5.41) is 0. The van der Waals surface area contributed by atoms with Crippen LogP contribution in [0, 0.1) is 0 Å². The number of benzene rings is 2. The molecule has 0 spiro atoms. The van der Waals surface area contributed by atoms with Crippen LogP contribution in [0.3, 0.4) is 0 Å². The molecule has 2 heterocycles. The van der Waals surface area contributed by atoms with Gasteiger partial charge >= 0.3 is 5.97 Å². The van der Waals surface area contributed by atoms with Gasteiger partial charge < -0.3 is 9.64 Å². The fraction of sp³-hybridized carbons (Fsp3) is 0.250. The summed E-state index contributed by atoms with van der Waals surface area (Å²) in [6.07, 6.45) is 3.88.